The molecule has 0 bridgehead atoms. The molecule has 126 valence electrons. The number of hydrogen-bond donors (Lipinski definition) is 1. The van der Waals surface area contributed by atoms with Gasteiger partial charge in [-0.3, -0.25) is 4.40 Å². The van der Waals surface area contributed by atoms with Crippen LogP contribution in [0, 0.1) is 6.92 Å². The number of hydrogen-bond acceptors (Lipinski definition) is 4. The minimum Gasteiger partial charge on any atom is -0.331 e. The summed E-state index contributed by atoms with van der Waals surface area (Å²) in [4.78, 5) is 9.23. The SMILES string of the molecule is Cc1nc2ccc(Cl)cn2c1-c1csc(Nc2ccc(Cl)c(Cl)c2)n1. The molecule has 0 aliphatic rings. The van der Waals surface area contributed by atoms with Crippen molar-refractivity contribution in [2.45, 2.75) is 6.92 Å². The smallest absolute Gasteiger partial charge is 0.187 e. The molecule has 0 aliphatic carbocycles. The zero-order chi connectivity index (χ0) is 17.6. The fourth-order valence-electron chi connectivity index (χ4n) is 2.58. The number of nitrogens with zero attached hydrogens (tertiary/aromatic N) is 3. The second kappa shape index (κ2) is 6.50. The fraction of sp³-hybridized carbons (Fsp3) is 0.0588. The van der Waals surface area contributed by atoms with E-state index in [-0.39, 0.29) is 0 Å². The van der Waals surface area contributed by atoms with Crippen LogP contribution in [0.5, 0.6) is 0 Å². The molecule has 1 aromatic carbocycles. The van der Waals surface area contributed by atoms with Crippen molar-refractivity contribution < 1.29 is 0 Å². The maximum Gasteiger partial charge on any atom is 0.187 e. The lowest BCUT2D eigenvalue weighted by molar-refractivity contribution is 1.17. The van der Waals surface area contributed by atoms with E-state index in [9.17, 15) is 0 Å². The molecule has 0 spiro atoms. The van der Waals surface area contributed by atoms with E-state index in [2.05, 4.69) is 15.3 Å². The van der Waals surface area contributed by atoms with Crippen LogP contribution >= 0.6 is 46.1 Å². The van der Waals surface area contributed by atoms with Crippen LogP contribution in [0.1, 0.15) is 5.69 Å². The monoisotopic (exact) mass is 408 g/mol. The number of benzene rings is 1. The lowest BCUT2D eigenvalue weighted by Gasteiger charge is -2.04. The van der Waals surface area contributed by atoms with Gasteiger partial charge in [-0.15, -0.1) is 11.3 Å². The first kappa shape index (κ1) is 16.7. The zero-order valence-electron chi connectivity index (χ0n) is 12.9. The van der Waals surface area contributed by atoms with Crippen molar-refractivity contribution >= 4 is 62.6 Å². The summed E-state index contributed by atoms with van der Waals surface area (Å²) in [6.45, 7) is 1.96. The third-order valence-corrected chi connectivity index (χ3v) is 5.39. The first-order valence-electron chi connectivity index (χ1n) is 7.33. The van der Waals surface area contributed by atoms with Crippen LogP contribution in [-0.2, 0) is 0 Å². The molecule has 8 heteroatoms. The summed E-state index contributed by atoms with van der Waals surface area (Å²) in [7, 11) is 0. The quantitative estimate of drug-likeness (QED) is 0.421. The Morgan fingerprint density at radius 3 is 2.68 bits per heavy atom. The number of anilines is 2. The van der Waals surface area contributed by atoms with Gasteiger partial charge < -0.3 is 5.32 Å². The van der Waals surface area contributed by atoms with Gasteiger partial charge in [0.25, 0.3) is 0 Å². The highest BCUT2D eigenvalue weighted by Gasteiger charge is 2.14. The second-order valence-electron chi connectivity index (χ2n) is 5.41. The molecule has 0 atom stereocenters. The van der Waals surface area contributed by atoms with E-state index in [0.29, 0.717) is 15.1 Å². The predicted molar refractivity (Wildman–Crippen MR) is 106 cm³/mol. The average molecular weight is 410 g/mol. The first-order chi connectivity index (χ1) is 12.0. The van der Waals surface area contributed by atoms with Crippen LogP contribution in [-0.4, -0.2) is 14.4 Å². The molecule has 4 nitrogen and oxygen atoms in total. The molecule has 4 rings (SSSR count). The van der Waals surface area contributed by atoms with E-state index in [1.54, 1.807) is 12.1 Å². The summed E-state index contributed by atoms with van der Waals surface area (Å²) < 4.78 is 1.95. The van der Waals surface area contributed by atoms with E-state index in [1.807, 2.05) is 41.1 Å². The van der Waals surface area contributed by atoms with E-state index >= 15 is 0 Å². The molecule has 0 unspecified atom stereocenters. The van der Waals surface area contributed by atoms with E-state index in [0.717, 1.165) is 33.5 Å². The van der Waals surface area contributed by atoms with Crippen molar-refractivity contribution in [1.82, 2.24) is 14.4 Å². The standard InChI is InChI=1S/C17H11Cl3N4S/c1-9-16(24-7-10(18)2-5-15(24)21-9)14-8-25-17(23-14)22-11-3-4-12(19)13(20)6-11/h2-8H,1H3,(H,22,23). The molecule has 25 heavy (non-hydrogen) atoms. The Bertz CT molecular complexity index is 1090. The highest BCUT2D eigenvalue weighted by molar-refractivity contribution is 7.14. The molecule has 0 fully saturated rings. The van der Waals surface area contributed by atoms with Crippen LogP contribution in [0.3, 0.4) is 0 Å². The zero-order valence-corrected chi connectivity index (χ0v) is 16.0. The third kappa shape index (κ3) is 3.20. The molecule has 0 aliphatic heterocycles. The molecule has 1 N–H and O–H groups in total. The van der Waals surface area contributed by atoms with Crippen LogP contribution in [0.25, 0.3) is 17.0 Å². The number of aromatic nitrogens is 3. The van der Waals surface area contributed by atoms with Gasteiger partial charge >= 0.3 is 0 Å². The molecule has 3 aromatic heterocycles. The Hall–Kier alpha value is -1.79. The largest absolute Gasteiger partial charge is 0.331 e. The topological polar surface area (TPSA) is 42.2 Å². The number of nitrogens with one attached hydrogen (secondary N) is 1. The molecule has 3 heterocycles. The molecule has 0 saturated heterocycles. The maximum atomic E-state index is 6.13. The summed E-state index contributed by atoms with van der Waals surface area (Å²) in [5, 5.41) is 7.64. The van der Waals surface area contributed by atoms with Gasteiger partial charge in [0.15, 0.2) is 5.13 Å². The summed E-state index contributed by atoms with van der Waals surface area (Å²) in [5.74, 6) is 0. The van der Waals surface area contributed by atoms with Gasteiger partial charge in [-0.25, -0.2) is 9.97 Å². The van der Waals surface area contributed by atoms with E-state index in [4.69, 9.17) is 34.8 Å². The van der Waals surface area contributed by atoms with Crippen LogP contribution in [0.15, 0.2) is 41.9 Å². The minimum atomic E-state index is 0.496. The van der Waals surface area contributed by atoms with Gasteiger partial charge in [-0.1, -0.05) is 34.8 Å². The van der Waals surface area contributed by atoms with Gasteiger partial charge in [0.2, 0.25) is 0 Å². The van der Waals surface area contributed by atoms with Crippen LogP contribution in [0.2, 0.25) is 15.1 Å². The Labute approximate surface area is 163 Å². The Kier molecular flexibility index (Phi) is 4.33. The van der Waals surface area contributed by atoms with Crippen molar-refractivity contribution in [3.8, 4) is 11.4 Å². The van der Waals surface area contributed by atoms with Crippen molar-refractivity contribution in [2.75, 3.05) is 5.32 Å². The van der Waals surface area contributed by atoms with Crippen molar-refractivity contribution in [3.63, 3.8) is 0 Å². The number of thiazole rings is 1. The number of halogens is 3. The van der Waals surface area contributed by atoms with E-state index < -0.39 is 0 Å². The number of rotatable bonds is 3. The average Bonchev–Trinajstić information content (AvgIpc) is 3.14. The lowest BCUT2D eigenvalue weighted by Crippen LogP contribution is -1.92. The number of aryl methyl sites for hydroxylation is 1. The van der Waals surface area contributed by atoms with E-state index in [1.165, 1.54) is 11.3 Å². The summed E-state index contributed by atoms with van der Waals surface area (Å²) in [5.41, 5.74) is 4.32. The predicted octanol–water partition coefficient (Wildman–Crippen LogP) is 6.47. The summed E-state index contributed by atoms with van der Waals surface area (Å²) >= 11 is 19.6. The van der Waals surface area contributed by atoms with Crippen molar-refractivity contribution in [3.05, 3.63) is 62.7 Å². The van der Waals surface area contributed by atoms with Crippen molar-refractivity contribution in [2.24, 2.45) is 0 Å². The number of pyridine rings is 1. The first-order valence-corrected chi connectivity index (χ1v) is 9.35. The highest BCUT2D eigenvalue weighted by atomic mass is 35.5. The molecular weight excluding hydrogens is 399 g/mol. The maximum absolute atomic E-state index is 6.13. The van der Waals surface area contributed by atoms with Gasteiger partial charge in [-0.2, -0.15) is 0 Å². The third-order valence-electron chi connectivity index (χ3n) is 3.67. The number of imidazole rings is 1. The van der Waals surface area contributed by atoms with Gasteiger partial charge in [0, 0.05) is 17.3 Å². The molecule has 0 saturated carbocycles. The van der Waals surface area contributed by atoms with Gasteiger partial charge in [0.1, 0.15) is 11.3 Å². The van der Waals surface area contributed by atoms with Crippen molar-refractivity contribution in [1.29, 1.82) is 0 Å². The Morgan fingerprint density at radius 1 is 1.04 bits per heavy atom. The molecular formula is C17H11Cl3N4S. The number of fused-ring (bicyclic) bond motifs is 1. The van der Waals surface area contributed by atoms with Crippen LogP contribution in [0.4, 0.5) is 10.8 Å². The minimum absolute atomic E-state index is 0.496. The van der Waals surface area contributed by atoms with Gasteiger partial charge in [-0.05, 0) is 37.3 Å². The molecule has 0 amide bonds. The molecule has 0 radical (unpaired) electrons. The highest BCUT2D eigenvalue weighted by Crippen LogP contribution is 2.32. The van der Waals surface area contributed by atoms with Gasteiger partial charge in [0.05, 0.1) is 26.5 Å². The molecule has 4 aromatic rings. The fourth-order valence-corrected chi connectivity index (χ4v) is 3.76. The second-order valence-corrected chi connectivity index (χ2v) is 7.52. The Morgan fingerprint density at radius 2 is 1.88 bits per heavy atom. The summed E-state index contributed by atoms with van der Waals surface area (Å²) in [6, 6.07) is 9.08. The normalized spacial score (nSPS) is 11.2. The van der Waals surface area contributed by atoms with Crippen LogP contribution < -0.4 is 5.32 Å². The summed E-state index contributed by atoms with van der Waals surface area (Å²) in [6.07, 6.45) is 1.84. The Balaban J connectivity index is 1.71. The lowest BCUT2D eigenvalue weighted by atomic mass is 10.3.